The molecule has 0 saturated carbocycles. The molecule has 172 valence electrons. The van der Waals surface area contributed by atoms with Crippen molar-refractivity contribution in [1.29, 1.82) is 0 Å². The zero-order chi connectivity index (χ0) is 21.8. The third-order valence-corrected chi connectivity index (χ3v) is 6.55. The molecule has 0 bridgehead atoms. The second-order valence-electron chi connectivity index (χ2n) is 6.98. The predicted molar refractivity (Wildman–Crippen MR) is 126 cm³/mol. The lowest BCUT2D eigenvalue weighted by Gasteiger charge is -2.24. The Hall–Kier alpha value is -2.21. The van der Waals surface area contributed by atoms with Crippen LogP contribution >= 0.6 is 12.4 Å². The van der Waals surface area contributed by atoms with Gasteiger partial charge >= 0.3 is 0 Å². The maximum absolute atomic E-state index is 12.9. The second kappa shape index (κ2) is 10.4. The summed E-state index contributed by atoms with van der Waals surface area (Å²) in [5, 5.41) is 3.31. The van der Waals surface area contributed by atoms with Gasteiger partial charge in [-0.25, -0.2) is 16.8 Å². The first-order chi connectivity index (χ1) is 14.2. The minimum Gasteiger partial charge on any atom is -0.497 e. The summed E-state index contributed by atoms with van der Waals surface area (Å²) in [5.41, 5.74) is 1.12. The van der Waals surface area contributed by atoms with Crippen LogP contribution in [0.15, 0.2) is 47.4 Å². The molecule has 0 spiro atoms. The Morgan fingerprint density at radius 3 is 2.45 bits per heavy atom. The fourth-order valence-corrected chi connectivity index (χ4v) is 4.86. The van der Waals surface area contributed by atoms with Crippen LogP contribution in [-0.4, -0.2) is 56.4 Å². The van der Waals surface area contributed by atoms with E-state index < -0.39 is 20.0 Å². The molecular weight excluding hydrogens is 464 g/mol. The van der Waals surface area contributed by atoms with E-state index in [0.29, 0.717) is 5.75 Å². The highest BCUT2D eigenvalue weighted by atomic mass is 35.5. The highest BCUT2D eigenvalue weighted by Gasteiger charge is 2.20. The third-order valence-electron chi connectivity index (χ3n) is 4.60. The number of ether oxygens (including phenoxy) is 1. The van der Waals surface area contributed by atoms with Gasteiger partial charge in [-0.1, -0.05) is 6.07 Å². The molecule has 1 saturated heterocycles. The maximum atomic E-state index is 12.9. The minimum atomic E-state index is -3.96. The van der Waals surface area contributed by atoms with E-state index in [9.17, 15) is 16.8 Å². The summed E-state index contributed by atoms with van der Waals surface area (Å²) in [5.74, 6) is 0.400. The van der Waals surface area contributed by atoms with Crippen LogP contribution in [0.4, 0.5) is 17.1 Å². The van der Waals surface area contributed by atoms with Gasteiger partial charge in [0.05, 0.1) is 29.6 Å². The van der Waals surface area contributed by atoms with E-state index in [-0.39, 0.29) is 28.7 Å². The zero-order valence-electron chi connectivity index (χ0n) is 17.3. The SMILES string of the molecule is COc1cccc(S(=O)(=O)Nc2ccc(N3CCCNCC3)cc2NS(C)(=O)=O)c1.Cl. The monoisotopic (exact) mass is 490 g/mol. The zero-order valence-corrected chi connectivity index (χ0v) is 19.7. The van der Waals surface area contributed by atoms with Gasteiger partial charge < -0.3 is 15.0 Å². The summed E-state index contributed by atoms with van der Waals surface area (Å²) in [6.45, 7) is 3.33. The molecule has 0 aliphatic carbocycles. The number of sulfonamides is 2. The second-order valence-corrected chi connectivity index (χ2v) is 10.4. The van der Waals surface area contributed by atoms with Gasteiger partial charge in [0.15, 0.2) is 0 Å². The first kappa shape index (κ1) is 25.1. The summed E-state index contributed by atoms with van der Waals surface area (Å²) in [6.07, 6.45) is 1.98. The number of methoxy groups -OCH3 is 1. The number of halogens is 1. The molecule has 2 aromatic rings. The molecule has 0 unspecified atom stereocenters. The van der Waals surface area contributed by atoms with E-state index in [1.165, 1.54) is 19.2 Å². The molecule has 0 atom stereocenters. The van der Waals surface area contributed by atoms with Crippen LogP contribution in [0.2, 0.25) is 0 Å². The lowest BCUT2D eigenvalue weighted by Crippen LogP contribution is -2.28. The summed E-state index contributed by atoms with van der Waals surface area (Å²) in [6, 6.07) is 11.0. The number of benzene rings is 2. The van der Waals surface area contributed by atoms with Crippen molar-refractivity contribution in [2.75, 3.05) is 53.9 Å². The summed E-state index contributed by atoms with van der Waals surface area (Å²) < 4.78 is 59.5. The largest absolute Gasteiger partial charge is 0.497 e. The lowest BCUT2D eigenvalue weighted by molar-refractivity contribution is 0.413. The molecule has 2 aromatic carbocycles. The van der Waals surface area contributed by atoms with Gasteiger partial charge in [0.1, 0.15) is 5.75 Å². The average molecular weight is 491 g/mol. The van der Waals surface area contributed by atoms with Crippen LogP contribution in [-0.2, 0) is 20.0 Å². The van der Waals surface area contributed by atoms with Crippen molar-refractivity contribution in [3.05, 3.63) is 42.5 Å². The molecule has 9 nitrogen and oxygen atoms in total. The van der Waals surface area contributed by atoms with E-state index in [2.05, 4.69) is 19.7 Å². The molecule has 1 aliphatic heterocycles. The Morgan fingerprint density at radius 1 is 0.968 bits per heavy atom. The van der Waals surface area contributed by atoms with Crippen molar-refractivity contribution in [3.8, 4) is 5.75 Å². The van der Waals surface area contributed by atoms with Crippen LogP contribution in [0, 0.1) is 0 Å². The van der Waals surface area contributed by atoms with E-state index in [1.807, 2.05) is 0 Å². The molecule has 3 N–H and O–H groups in total. The van der Waals surface area contributed by atoms with Gasteiger partial charge in [0.25, 0.3) is 10.0 Å². The normalized spacial score (nSPS) is 14.8. The highest BCUT2D eigenvalue weighted by Crippen LogP contribution is 2.31. The number of hydrogen-bond donors (Lipinski definition) is 3. The summed E-state index contributed by atoms with van der Waals surface area (Å²) in [4.78, 5) is 2.14. The van der Waals surface area contributed by atoms with E-state index >= 15 is 0 Å². The van der Waals surface area contributed by atoms with Crippen LogP contribution in [0.25, 0.3) is 0 Å². The molecule has 1 heterocycles. The minimum absolute atomic E-state index is 0. The van der Waals surface area contributed by atoms with Gasteiger partial charge in [0, 0.05) is 31.4 Å². The Balaban J connectivity index is 0.00000341. The third kappa shape index (κ3) is 6.89. The van der Waals surface area contributed by atoms with E-state index in [0.717, 1.165) is 44.5 Å². The Labute approximate surface area is 189 Å². The van der Waals surface area contributed by atoms with Crippen molar-refractivity contribution in [1.82, 2.24) is 5.32 Å². The number of hydrogen-bond acceptors (Lipinski definition) is 7. The van der Waals surface area contributed by atoms with Gasteiger partial charge in [-0.15, -0.1) is 12.4 Å². The van der Waals surface area contributed by atoms with E-state index in [1.54, 1.807) is 30.3 Å². The summed E-state index contributed by atoms with van der Waals surface area (Å²) in [7, 11) is -6.13. The van der Waals surface area contributed by atoms with Gasteiger partial charge in [-0.2, -0.15) is 0 Å². The first-order valence-electron chi connectivity index (χ1n) is 9.42. The topological polar surface area (TPSA) is 117 Å². The van der Waals surface area contributed by atoms with Crippen LogP contribution in [0.3, 0.4) is 0 Å². The number of nitrogens with one attached hydrogen (secondary N) is 3. The Morgan fingerprint density at radius 2 is 1.74 bits per heavy atom. The Bertz CT molecular complexity index is 1100. The molecule has 12 heteroatoms. The van der Waals surface area contributed by atoms with Crippen molar-refractivity contribution >= 4 is 49.5 Å². The van der Waals surface area contributed by atoms with Crippen molar-refractivity contribution in [2.24, 2.45) is 0 Å². The van der Waals surface area contributed by atoms with Crippen LogP contribution < -0.4 is 24.4 Å². The number of anilines is 3. The quantitative estimate of drug-likeness (QED) is 0.544. The van der Waals surface area contributed by atoms with Crippen LogP contribution in [0.1, 0.15) is 6.42 Å². The van der Waals surface area contributed by atoms with Crippen molar-refractivity contribution in [2.45, 2.75) is 11.3 Å². The van der Waals surface area contributed by atoms with Gasteiger partial charge in [-0.3, -0.25) is 9.44 Å². The van der Waals surface area contributed by atoms with E-state index in [4.69, 9.17) is 4.74 Å². The Kier molecular flexibility index (Phi) is 8.41. The van der Waals surface area contributed by atoms with Crippen LogP contribution in [0.5, 0.6) is 5.75 Å². The smallest absolute Gasteiger partial charge is 0.262 e. The molecule has 0 aromatic heterocycles. The summed E-state index contributed by atoms with van der Waals surface area (Å²) >= 11 is 0. The lowest BCUT2D eigenvalue weighted by atomic mass is 10.2. The maximum Gasteiger partial charge on any atom is 0.262 e. The van der Waals surface area contributed by atoms with Crippen molar-refractivity contribution in [3.63, 3.8) is 0 Å². The molecule has 31 heavy (non-hydrogen) atoms. The number of rotatable bonds is 7. The fraction of sp³-hybridized carbons (Fsp3) is 0.368. The molecule has 3 rings (SSSR count). The van der Waals surface area contributed by atoms with Gasteiger partial charge in [0.2, 0.25) is 10.0 Å². The fourth-order valence-electron chi connectivity index (χ4n) is 3.18. The molecule has 0 amide bonds. The first-order valence-corrected chi connectivity index (χ1v) is 12.8. The molecular formula is C19H27ClN4O5S2. The molecule has 1 aliphatic rings. The standard InChI is InChI=1S/C19H26N4O5S2.ClH/c1-28-16-5-3-6-17(14-16)30(26,27)22-18-8-7-15(13-19(18)21-29(2,24)25)23-11-4-9-20-10-12-23;/h3,5-8,13-14,20-22H,4,9-12H2,1-2H3;1H. The van der Waals surface area contributed by atoms with Gasteiger partial charge in [-0.05, 0) is 43.3 Å². The average Bonchev–Trinajstić information content (AvgIpc) is 2.97. The van der Waals surface area contributed by atoms with Crippen molar-refractivity contribution < 1.29 is 21.6 Å². The highest BCUT2D eigenvalue weighted by molar-refractivity contribution is 7.93. The molecule has 0 radical (unpaired) electrons. The number of nitrogens with zero attached hydrogens (tertiary/aromatic N) is 1. The predicted octanol–water partition coefficient (Wildman–Crippen LogP) is 2.09. The molecule has 1 fully saturated rings.